The fraction of sp³-hybridized carbons (Fsp3) is 0.636. The maximum atomic E-state index is 11.8. The van der Waals surface area contributed by atoms with E-state index in [1.54, 1.807) is 7.11 Å². The molecule has 1 aromatic heterocycles. The van der Waals surface area contributed by atoms with Crippen molar-refractivity contribution in [3.8, 4) is 5.88 Å². The number of carbonyl (C=O) groups excluding carboxylic acids is 1. The quantitative estimate of drug-likeness (QED) is 0.870. The van der Waals surface area contributed by atoms with Gasteiger partial charge in [0.1, 0.15) is 0 Å². The molecule has 1 saturated heterocycles. The zero-order valence-corrected chi connectivity index (χ0v) is 11.1. The number of hydrogen-bond acceptors (Lipinski definition) is 5. The Kier molecular flexibility index (Phi) is 3.35. The second kappa shape index (κ2) is 4.62. The topological polar surface area (TPSA) is 54.5 Å². The minimum atomic E-state index is -0.481. The van der Waals surface area contributed by atoms with E-state index in [0.717, 1.165) is 12.1 Å². The minimum Gasteiger partial charge on any atom is -0.480 e. The Morgan fingerprint density at radius 1 is 1.65 bits per heavy atom. The van der Waals surface area contributed by atoms with E-state index in [9.17, 15) is 4.79 Å². The highest BCUT2D eigenvalue weighted by atomic mass is 32.1. The number of nitrogens with one attached hydrogen (secondary N) is 1. The lowest BCUT2D eigenvalue weighted by Gasteiger charge is -2.41. The largest absolute Gasteiger partial charge is 0.480 e. The molecule has 0 spiro atoms. The van der Waals surface area contributed by atoms with E-state index < -0.39 is 5.54 Å². The molecule has 0 unspecified atom stereocenters. The molecule has 1 fully saturated rings. The van der Waals surface area contributed by atoms with Crippen LogP contribution in [0, 0.1) is 0 Å². The van der Waals surface area contributed by atoms with Gasteiger partial charge in [-0.05, 0) is 25.4 Å². The lowest BCUT2D eigenvalue weighted by Crippen LogP contribution is -2.61. The van der Waals surface area contributed by atoms with Crippen molar-refractivity contribution in [2.45, 2.75) is 25.9 Å². The summed E-state index contributed by atoms with van der Waals surface area (Å²) in [6, 6.07) is 0. The van der Waals surface area contributed by atoms with Crippen molar-refractivity contribution in [3.63, 3.8) is 0 Å². The molecule has 6 heteroatoms. The van der Waals surface area contributed by atoms with Crippen molar-refractivity contribution >= 4 is 17.4 Å². The Morgan fingerprint density at radius 2 is 2.41 bits per heavy atom. The van der Waals surface area contributed by atoms with Gasteiger partial charge in [-0.25, -0.2) is 0 Å². The number of nitrogens with zero attached hydrogens (tertiary/aromatic N) is 2. The Labute approximate surface area is 105 Å². The first-order valence-electron chi connectivity index (χ1n) is 5.56. The van der Waals surface area contributed by atoms with Crippen LogP contribution in [0.25, 0.3) is 0 Å². The number of hydrogen-bond donors (Lipinski definition) is 1. The van der Waals surface area contributed by atoms with E-state index in [1.807, 2.05) is 19.2 Å². The van der Waals surface area contributed by atoms with Gasteiger partial charge < -0.3 is 10.1 Å². The molecule has 0 radical (unpaired) electrons. The van der Waals surface area contributed by atoms with E-state index in [2.05, 4.69) is 14.6 Å². The van der Waals surface area contributed by atoms with Crippen LogP contribution in [0.1, 0.15) is 19.4 Å². The van der Waals surface area contributed by atoms with Crippen LogP contribution in [0.5, 0.6) is 5.88 Å². The predicted molar refractivity (Wildman–Crippen MR) is 66.2 cm³/mol. The van der Waals surface area contributed by atoms with Crippen LogP contribution in [0.15, 0.2) is 5.38 Å². The zero-order valence-electron chi connectivity index (χ0n) is 10.3. The van der Waals surface area contributed by atoms with Crippen LogP contribution >= 0.6 is 11.5 Å². The number of methoxy groups -OCH3 is 1. The summed E-state index contributed by atoms with van der Waals surface area (Å²) in [5.41, 5.74) is 0.561. The Morgan fingerprint density at radius 3 is 3.12 bits per heavy atom. The van der Waals surface area contributed by atoms with E-state index in [0.29, 0.717) is 19.0 Å². The van der Waals surface area contributed by atoms with Crippen molar-refractivity contribution < 1.29 is 9.53 Å². The second-order valence-corrected chi connectivity index (χ2v) is 5.21. The molecular weight excluding hydrogens is 238 g/mol. The highest BCUT2D eigenvalue weighted by molar-refractivity contribution is 7.03. The van der Waals surface area contributed by atoms with Gasteiger partial charge in [0.2, 0.25) is 11.8 Å². The van der Waals surface area contributed by atoms with Crippen LogP contribution in [0.4, 0.5) is 0 Å². The van der Waals surface area contributed by atoms with E-state index in [4.69, 9.17) is 4.74 Å². The molecule has 1 aliphatic rings. The lowest BCUT2D eigenvalue weighted by molar-refractivity contribution is -0.135. The minimum absolute atomic E-state index is 0.0749. The number of carbonyl (C=O) groups is 1. The molecule has 0 aliphatic carbocycles. The highest BCUT2D eigenvalue weighted by Crippen LogP contribution is 2.25. The fourth-order valence-corrected chi connectivity index (χ4v) is 2.59. The molecule has 94 valence electrons. The van der Waals surface area contributed by atoms with E-state index in [1.165, 1.54) is 11.5 Å². The number of amides is 1. The van der Waals surface area contributed by atoms with Crippen LogP contribution < -0.4 is 10.1 Å². The van der Waals surface area contributed by atoms with Crippen molar-refractivity contribution in [2.75, 3.05) is 20.2 Å². The second-order valence-electron chi connectivity index (χ2n) is 4.59. The Balaban J connectivity index is 2.15. The van der Waals surface area contributed by atoms with Gasteiger partial charge >= 0.3 is 0 Å². The average Bonchev–Trinajstić information content (AvgIpc) is 2.72. The van der Waals surface area contributed by atoms with Crippen LogP contribution in [-0.4, -0.2) is 40.9 Å². The number of rotatable bonds is 3. The molecule has 1 aliphatic heterocycles. The first-order valence-corrected chi connectivity index (χ1v) is 6.40. The van der Waals surface area contributed by atoms with Gasteiger partial charge in [-0.1, -0.05) is 0 Å². The normalized spacial score (nSPS) is 20.1. The Hall–Kier alpha value is -1.14. The Bertz CT molecular complexity index is 417. The first-order chi connectivity index (χ1) is 8.05. The van der Waals surface area contributed by atoms with Gasteiger partial charge in [0, 0.05) is 30.6 Å². The molecule has 0 bridgehead atoms. The van der Waals surface area contributed by atoms with Crippen LogP contribution in [-0.2, 0) is 11.3 Å². The predicted octanol–water partition coefficient (Wildman–Crippen LogP) is 0.862. The van der Waals surface area contributed by atoms with Gasteiger partial charge in [0.05, 0.1) is 12.6 Å². The van der Waals surface area contributed by atoms with Gasteiger partial charge in [0.15, 0.2) is 0 Å². The SMILES string of the molecule is COc1nscc1CN1CCNC(=O)C1(C)C. The third-order valence-corrected chi connectivity index (χ3v) is 3.83. The molecule has 1 amide bonds. The van der Waals surface area contributed by atoms with Gasteiger partial charge in [0.25, 0.3) is 0 Å². The van der Waals surface area contributed by atoms with Gasteiger partial charge in [-0.3, -0.25) is 9.69 Å². The summed E-state index contributed by atoms with van der Waals surface area (Å²) in [7, 11) is 1.62. The van der Waals surface area contributed by atoms with Crippen molar-refractivity contribution in [1.29, 1.82) is 0 Å². The van der Waals surface area contributed by atoms with E-state index in [-0.39, 0.29) is 5.91 Å². The first kappa shape index (κ1) is 12.3. The molecule has 17 heavy (non-hydrogen) atoms. The molecule has 2 heterocycles. The molecular formula is C11H17N3O2S. The zero-order chi connectivity index (χ0) is 12.5. The van der Waals surface area contributed by atoms with Crippen molar-refractivity contribution in [2.24, 2.45) is 0 Å². The summed E-state index contributed by atoms with van der Waals surface area (Å²) in [5.74, 6) is 0.739. The van der Waals surface area contributed by atoms with Gasteiger partial charge in [-0.15, -0.1) is 0 Å². The maximum Gasteiger partial charge on any atom is 0.240 e. The average molecular weight is 255 g/mol. The van der Waals surface area contributed by atoms with Crippen LogP contribution in [0.2, 0.25) is 0 Å². The molecule has 2 rings (SSSR count). The van der Waals surface area contributed by atoms with Crippen molar-refractivity contribution in [1.82, 2.24) is 14.6 Å². The summed E-state index contributed by atoms with van der Waals surface area (Å²) >= 11 is 1.38. The molecule has 0 aromatic carbocycles. The van der Waals surface area contributed by atoms with Crippen molar-refractivity contribution in [3.05, 3.63) is 10.9 Å². The summed E-state index contributed by atoms with van der Waals surface area (Å²) in [6.07, 6.45) is 0. The fourth-order valence-electron chi connectivity index (χ4n) is 1.95. The standard InChI is InChI=1S/C11H17N3O2S/c1-11(2)10(15)12-4-5-14(11)6-8-7-17-13-9(8)16-3/h7H,4-6H2,1-3H3,(H,12,15). The number of aromatic nitrogens is 1. The molecule has 1 aromatic rings. The van der Waals surface area contributed by atoms with Gasteiger partial charge in [-0.2, -0.15) is 4.37 Å². The molecule has 5 nitrogen and oxygen atoms in total. The van der Waals surface area contributed by atoms with E-state index >= 15 is 0 Å². The summed E-state index contributed by atoms with van der Waals surface area (Å²) in [5, 5.41) is 4.86. The summed E-state index contributed by atoms with van der Waals surface area (Å²) < 4.78 is 9.35. The smallest absolute Gasteiger partial charge is 0.240 e. The third-order valence-electron chi connectivity index (χ3n) is 3.17. The molecule has 0 saturated carbocycles. The number of piperazine rings is 1. The summed E-state index contributed by atoms with van der Waals surface area (Å²) in [6.45, 7) is 6.11. The monoisotopic (exact) mass is 255 g/mol. The van der Waals surface area contributed by atoms with Crippen LogP contribution in [0.3, 0.4) is 0 Å². The maximum absolute atomic E-state index is 11.8. The number of ether oxygens (including phenoxy) is 1. The highest BCUT2D eigenvalue weighted by Gasteiger charge is 2.37. The lowest BCUT2D eigenvalue weighted by atomic mass is 9.98. The molecule has 0 atom stereocenters. The summed E-state index contributed by atoms with van der Waals surface area (Å²) in [4.78, 5) is 14.0. The molecule has 1 N–H and O–H groups in total. The third kappa shape index (κ3) is 2.28.